The molecular weight excluding hydrogens is 328 g/mol. The first-order chi connectivity index (χ1) is 12.7. The number of hydrogen-bond acceptors (Lipinski definition) is 4. The van der Waals surface area contributed by atoms with Gasteiger partial charge in [0, 0.05) is 31.7 Å². The average molecular weight is 354 g/mol. The summed E-state index contributed by atoms with van der Waals surface area (Å²) in [5.74, 6) is 0.700. The highest BCUT2D eigenvalue weighted by Gasteiger charge is 2.11. The van der Waals surface area contributed by atoms with Gasteiger partial charge in [0.05, 0.1) is 19.8 Å². The van der Waals surface area contributed by atoms with Crippen LogP contribution in [-0.2, 0) is 17.8 Å². The number of carbonyl (C=O) groups is 1. The number of morpholine rings is 1. The average Bonchev–Trinajstić information content (AvgIpc) is 2.68. The molecule has 0 aliphatic carbocycles. The summed E-state index contributed by atoms with van der Waals surface area (Å²) in [5, 5.41) is 2.98. The summed E-state index contributed by atoms with van der Waals surface area (Å²) in [6.45, 7) is 7.54. The SMILES string of the molecule is CCOc1ccc(C(=O)NCc2cccc(CN3CCOCC3)c2)cc1. The number of amides is 1. The predicted molar refractivity (Wildman–Crippen MR) is 101 cm³/mol. The predicted octanol–water partition coefficient (Wildman–Crippen LogP) is 2.85. The Bertz CT molecular complexity index is 709. The van der Waals surface area contributed by atoms with Gasteiger partial charge < -0.3 is 14.8 Å². The highest BCUT2D eigenvalue weighted by molar-refractivity contribution is 5.94. The maximum absolute atomic E-state index is 12.3. The molecule has 2 aromatic rings. The second-order valence-corrected chi connectivity index (χ2v) is 6.35. The lowest BCUT2D eigenvalue weighted by atomic mass is 10.1. The van der Waals surface area contributed by atoms with Crippen LogP contribution in [0.5, 0.6) is 5.75 Å². The van der Waals surface area contributed by atoms with E-state index in [-0.39, 0.29) is 5.91 Å². The van der Waals surface area contributed by atoms with Crippen molar-refractivity contribution in [2.45, 2.75) is 20.0 Å². The van der Waals surface area contributed by atoms with E-state index in [1.807, 2.05) is 31.2 Å². The second-order valence-electron chi connectivity index (χ2n) is 6.35. The lowest BCUT2D eigenvalue weighted by molar-refractivity contribution is 0.0342. The Labute approximate surface area is 154 Å². The zero-order valence-electron chi connectivity index (χ0n) is 15.2. The van der Waals surface area contributed by atoms with Crippen LogP contribution in [0, 0.1) is 0 Å². The number of nitrogens with zero attached hydrogens (tertiary/aromatic N) is 1. The van der Waals surface area contributed by atoms with E-state index < -0.39 is 0 Å². The Kier molecular flexibility index (Phi) is 6.63. The van der Waals surface area contributed by atoms with Crippen molar-refractivity contribution in [3.63, 3.8) is 0 Å². The molecule has 2 aromatic carbocycles. The summed E-state index contributed by atoms with van der Waals surface area (Å²) >= 11 is 0. The largest absolute Gasteiger partial charge is 0.494 e. The first-order valence-electron chi connectivity index (χ1n) is 9.13. The second kappa shape index (κ2) is 9.36. The Morgan fingerprint density at radius 1 is 1.12 bits per heavy atom. The van der Waals surface area contributed by atoms with Crippen LogP contribution in [-0.4, -0.2) is 43.7 Å². The van der Waals surface area contributed by atoms with Crippen LogP contribution in [0.15, 0.2) is 48.5 Å². The van der Waals surface area contributed by atoms with Crippen molar-refractivity contribution in [1.82, 2.24) is 10.2 Å². The van der Waals surface area contributed by atoms with Crippen molar-refractivity contribution < 1.29 is 14.3 Å². The van der Waals surface area contributed by atoms with Gasteiger partial charge in [0.1, 0.15) is 5.75 Å². The molecule has 0 aromatic heterocycles. The van der Waals surface area contributed by atoms with Gasteiger partial charge in [0.15, 0.2) is 0 Å². The van der Waals surface area contributed by atoms with Crippen LogP contribution < -0.4 is 10.1 Å². The Balaban J connectivity index is 1.53. The smallest absolute Gasteiger partial charge is 0.251 e. The molecule has 0 bridgehead atoms. The van der Waals surface area contributed by atoms with Crippen LogP contribution in [0.2, 0.25) is 0 Å². The van der Waals surface area contributed by atoms with E-state index >= 15 is 0 Å². The molecule has 138 valence electrons. The molecule has 3 rings (SSSR count). The van der Waals surface area contributed by atoms with E-state index in [0.29, 0.717) is 18.7 Å². The van der Waals surface area contributed by atoms with Crippen LogP contribution in [0.4, 0.5) is 0 Å². The van der Waals surface area contributed by atoms with Crippen LogP contribution in [0.3, 0.4) is 0 Å². The lowest BCUT2D eigenvalue weighted by Gasteiger charge is -2.26. The fraction of sp³-hybridized carbons (Fsp3) is 0.381. The zero-order valence-corrected chi connectivity index (χ0v) is 15.2. The molecule has 1 fully saturated rings. The van der Waals surface area contributed by atoms with Gasteiger partial charge >= 0.3 is 0 Å². The Morgan fingerprint density at radius 2 is 1.85 bits per heavy atom. The van der Waals surface area contributed by atoms with E-state index in [1.165, 1.54) is 5.56 Å². The van der Waals surface area contributed by atoms with Crippen molar-refractivity contribution >= 4 is 5.91 Å². The molecule has 0 spiro atoms. The molecule has 0 unspecified atom stereocenters. The fourth-order valence-electron chi connectivity index (χ4n) is 3.01. The number of rotatable bonds is 7. The molecule has 5 nitrogen and oxygen atoms in total. The molecule has 1 N–H and O–H groups in total. The van der Waals surface area contributed by atoms with Gasteiger partial charge in [0.25, 0.3) is 5.91 Å². The number of carbonyl (C=O) groups excluding carboxylic acids is 1. The molecule has 0 saturated carbocycles. The molecule has 26 heavy (non-hydrogen) atoms. The summed E-state index contributed by atoms with van der Waals surface area (Å²) in [6, 6.07) is 15.6. The summed E-state index contributed by atoms with van der Waals surface area (Å²) in [6.07, 6.45) is 0. The molecule has 0 atom stereocenters. The van der Waals surface area contributed by atoms with Crippen molar-refractivity contribution in [2.24, 2.45) is 0 Å². The quantitative estimate of drug-likeness (QED) is 0.831. The van der Waals surface area contributed by atoms with Gasteiger partial charge in [-0.3, -0.25) is 9.69 Å². The van der Waals surface area contributed by atoms with Crippen molar-refractivity contribution in [3.8, 4) is 5.75 Å². The van der Waals surface area contributed by atoms with Gasteiger partial charge in [-0.15, -0.1) is 0 Å². The van der Waals surface area contributed by atoms with Gasteiger partial charge in [-0.1, -0.05) is 24.3 Å². The fourth-order valence-corrected chi connectivity index (χ4v) is 3.01. The summed E-state index contributed by atoms with van der Waals surface area (Å²) in [4.78, 5) is 14.7. The van der Waals surface area contributed by atoms with Gasteiger partial charge in [-0.2, -0.15) is 0 Å². The Morgan fingerprint density at radius 3 is 2.58 bits per heavy atom. The molecule has 1 aliphatic heterocycles. The minimum absolute atomic E-state index is 0.0772. The first-order valence-corrected chi connectivity index (χ1v) is 9.13. The Hall–Kier alpha value is -2.37. The highest BCUT2D eigenvalue weighted by atomic mass is 16.5. The molecule has 1 aliphatic rings. The van der Waals surface area contributed by atoms with E-state index in [9.17, 15) is 4.79 Å². The number of ether oxygens (including phenoxy) is 2. The molecule has 1 saturated heterocycles. The van der Waals surface area contributed by atoms with E-state index in [0.717, 1.165) is 44.2 Å². The minimum atomic E-state index is -0.0772. The molecule has 1 amide bonds. The third-order valence-electron chi connectivity index (χ3n) is 4.38. The monoisotopic (exact) mass is 354 g/mol. The van der Waals surface area contributed by atoms with Crippen LogP contribution in [0.25, 0.3) is 0 Å². The topological polar surface area (TPSA) is 50.8 Å². The van der Waals surface area contributed by atoms with Gasteiger partial charge in [-0.25, -0.2) is 0 Å². The maximum atomic E-state index is 12.3. The lowest BCUT2D eigenvalue weighted by Crippen LogP contribution is -2.35. The molecule has 1 heterocycles. The standard InChI is InChI=1S/C21H26N2O3/c1-2-26-20-8-6-19(7-9-20)21(24)22-15-17-4-3-5-18(14-17)16-23-10-12-25-13-11-23/h3-9,14H,2,10-13,15-16H2,1H3,(H,22,24). The normalized spacial score (nSPS) is 14.8. The summed E-state index contributed by atoms with van der Waals surface area (Å²) in [5.41, 5.74) is 3.01. The summed E-state index contributed by atoms with van der Waals surface area (Å²) in [7, 11) is 0. The van der Waals surface area contributed by atoms with Gasteiger partial charge in [-0.05, 0) is 42.3 Å². The molecule has 0 radical (unpaired) electrons. The van der Waals surface area contributed by atoms with Crippen LogP contribution >= 0.6 is 0 Å². The minimum Gasteiger partial charge on any atom is -0.494 e. The zero-order chi connectivity index (χ0) is 18.2. The molecular formula is C21H26N2O3. The van der Waals surface area contributed by atoms with Gasteiger partial charge in [0.2, 0.25) is 0 Å². The highest BCUT2D eigenvalue weighted by Crippen LogP contribution is 2.13. The van der Waals surface area contributed by atoms with E-state index in [2.05, 4.69) is 22.3 Å². The number of benzene rings is 2. The first kappa shape index (κ1) is 18.4. The third-order valence-corrected chi connectivity index (χ3v) is 4.38. The van der Waals surface area contributed by atoms with Crippen molar-refractivity contribution in [1.29, 1.82) is 0 Å². The van der Waals surface area contributed by atoms with Crippen LogP contribution in [0.1, 0.15) is 28.4 Å². The molecule has 5 heteroatoms. The van der Waals surface area contributed by atoms with Crippen molar-refractivity contribution in [2.75, 3.05) is 32.9 Å². The van der Waals surface area contributed by atoms with E-state index in [4.69, 9.17) is 9.47 Å². The summed E-state index contributed by atoms with van der Waals surface area (Å²) < 4.78 is 10.8. The van der Waals surface area contributed by atoms with Crippen molar-refractivity contribution in [3.05, 3.63) is 65.2 Å². The third kappa shape index (κ3) is 5.31. The maximum Gasteiger partial charge on any atom is 0.251 e. The number of nitrogens with one attached hydrogen (secondary N) is 1. The van der Waals surface area contributed by atoms with E-state index in [1.54, 1.807) is 12.1 Å². The number of hydrogen-bond donors (Lipinski definition) is 1.